The molecular weight excluding hydrogens is 184 g/mol. The average molecular weight is 204 g/mol. The maximum absolute atomic E-state index is 6.38. The van der Waals surface area contributed by atoms with Crippen LogP contribution in [0.25, 0.3) is 0 Å². The summed E-state index contributed by atoms with van der Waals surface area (Å²) in [4.78, 5) is 0. The molecule has 0 aromatic heterocycles. The lowest BCUT2D eigenvalue weighted by Crippen LogP contribution is -2.49. The molecule has 15 heavy (non-hydrogen) atoms. The van der Waals surface area contributed by atoms with Crippen LogP contribution >= 0.6 is 0 Å². The van der Waals surface area contributed by atoms with Gasteiger partial charge in [0.15, 0.2) is 0 Å². The minimum Gasteiger partial charge on any atom is -0.322 e. The van der Waals surface area contributed by atoms with Crippen LogP contribution < -0.4 is 11.1 Å². The number of nitrogens with two attached hydrogens (primary N) is 1. The monoisotopic (exact) mass is 204 g/mol. The lowest BCUT2D eigenvalue weighted by molar-refractivity contribution is 0.294. The van der Waals surface area contributed by atoms with Gasteiger partial charge in [0.2, 0.25) is 0 Å². The first-order valence-electron chi connectivity index (χ1n) is 5.78. The highest BCUT2D eigenvalue weighted by molar-refractivity contribution is 5.23. The van der Waals surface area contributed by atoms with Crippen molar-refractivity contribution in [1.29, 1.82) is 0 Å². The number of likely N-dealkylation sites (N-methyl/N-ethyl adjacent to an activating group) is 1. The summed E-state index contributed by atoms with van der Waals surface area (Å²) in [5, 5.41) is 3.45. The maximum Gasteiger partial charge on any atom is 0.0479 e. The summed E-state index contributed by atoms with van der Waals surface area (Å²) in [6, 6.07) is 10.5. The van der Waals surface area contributed by atoms with Crippen LogP contribution in [0, 0.1) is 0 Å². The van der Waals surface area contributed by atoms with E-state index in [1.54, 1.807) is 0 Å². The molecule has 0 aliphatic heterocycles. The summed E-state index contributed by atoms with van der Waals surface area (Å²) < 4.78 is 0. The Morgan fingerprint density at radius 1 is 1.20 bits per heavy atom. The Bertz CT molecular complexity index is 302. The predicted molar refractivity (Wildman–Crippen MR) is 63.6 cm³/mol. The van der Waals surface area contributed by atoms with Gasteiger partial charge in [0.1, 0.15) is 0 Å². The lowest BCUT2D eigenvalue weighted by atomic mass is 9.84. The summed E-state index contributed by atoms with van der Waals surface area (Å²) in [5.41, 5.74) is 7.75. The van der Waals surface area contributed by atoms with E-state index in [9.17, 15) is 0 Å². The molecule has 0 heterocycles. The van der Waals surface area contributed by atoms with Gasteiger partial charge >= 0.3 is 0 Å². The van der Waals surface area contributed by atoms with Gasteiger partial charge in [0.05, 0.1) is 0 Å². The Morgan fingerprint density at radius 3 is 2.33 bits per heavy atom. The highest BCUT2D eigenvalue weighted by Crippen LogP contribution is 2.38. The van der Waals surface area contributed by atoms with Gasteiger partial charge in [-0.3, -0.25) is 0 Å². The predicted octanol–water partition coefficient (Wildman–Crippen LogP) is 2.22. The van der Waals surface area contributed by atoms with Crippen molar-refractivity contribution in [2.24, 2.45) is 5.73 Å². The zero-order chi connectivity index (χ0) is 10.7. The highest BCUT2D eigenvalue weighted by Gasteiger charge is 2.38. The topological polar surface area (TPSA) is 38.0 Å². The SMILES string of the molecule is CNC1([C@@H](N)c2ccccc2)CCCC1. The molecule has 1 fully saturated rings. The molecule has 3 N–H and O–H groups in total. The van der Waals surface area contributed by atoms with Crippen molar-refractivity contribution in [3.05, 3.63) is 35.9 Å². The molecule has 2 heteroatoms. The first kappa shape index (κ1) is 10.7. The number of benzene rings is 1. The van der Waals surface area contributed by atoms with Gasteiger partial charge in [-0.05, 0) is 25.5 Å². The fraction of sp³-hybridized carbons (Fsp3) is 0.538. The van der Waals surface area contributed by atoms with Crippen LogP contribution in [0.3, 0.4) is 0 Å². The molecular formula is C13H20N2. The fourth-order valence-electron chi connectivity index (χ4n) is 2.70. The van der Waals surface area contributed by atoms with Crippen molar-refractivity contribution in [2.45, 2.75) is 37.3 Å². The third kappa shape index (κ3) is 1.92. The number of hydrogen-bond donors (Lipinski definition) is 2. The Labute approximate surface area is 91.9 Å². The van der Waals surface area contributed by atoms with E-state index in [4.69, 9.17) is 5.73 Å². The summed E-state index contributed by atoms with van der Waals surface area (Å²) in [7, 11) is 2.04. The van der Waals surface area contributed by atoms with Crippen LogP contribution in [0.15, 0.2) is 30.3 Å². The normalized spacial score (nSPS) is 21.5. The van der Waals surface area contributed by atoms with Gasteiger partial charge in [-0.25, -0.2) is 0 Å². The van der Waals surface area contributed by atoms with E-state index in [0.29, 0.717) is 0 Å². The molecule has 1 saturated carbocycles. The van der Waals surface area contributed by atoms with Crippen LogP contribution in [0.1, 0.15) is 37.3 Å². The Morgan fingerprint density at radius 2 is 1.80 bits per heavy atom. The zero-order valence-corrected chi connectivity index (χ0v) is 9.37. The molecule has 0 spiro atoms. The molecule has 1 atom stereocenters. The quantitative estimate of drug-likeness (QED) is 0.792. The molecule has 1 aliphatic rings. The van der Waals surface area contributed by atoms with Gasteiger partial charge in [-0.2, -0.15) is 0 Å². The fourth-order valence-corrected chi connectivity index (χ4v) is 2.70. The molecule has 2 nitrogen and oxygen atoms in total. The minimum atomic E-state index is 0.117. The molecule has 0 saturated heterocycles. The summed E-state index contributed by atoms with van der Waals surface area (Å²) in [6.45, 7) is 0. The summed E-state index contributed by atoms with van der Waals surface area (Å²) in [6.07, 6.45) is 4.97. The third-order valence-corrected chi connectivity index (χ3v) is 3.75. The van der Waals surface area contributed by atoms with E-state index in [2.05, 4.69) is 29.6 Å². The van der Waals surface area contributed by atoms with Crippen LogP contribution in [0.4, 0.5) is 0 Å². The van der Waals surface area contributed by atoms with E-state index in [0.717, 1.165) is 0 Å². The molecule has 0 unspecified atom stereocenters. The van der Waals surface area contributed by atoms with Gasteiger partial charge < -0.3 is 11.1 Å². The van der Waals surface area contributed by atoms with E-state index in [1.807, 2.05) is 13.1 Å². The molecule has 2 rings (SSSR count). The van der Waals surface area contributed by atoms with Crippen LogP contribution in [0.5, 0.6) is 0 Å². The van der Waals surface area contributed by atoms with Gasteiger partial charge in [0.25, 0.3) is 0 Å². The standard InChI is InChI=1S/C13H20N2/c1-15-13(9-5-6-10-13)12(14)11-7-3-2-4-8-11/h2-4,7-8,12,15H,5-6,9-10,14H2,1H3/t12-/m0/s1. The maximum atomic E-state index is 6.38. The second kappa shape index (κ2) is 4.33. The van der Waals surface area contributed by atoms with Crippen LogP contribution in [0.2, 0.25) is 0 Å². The smallest absolute Gasteiger partial charge is 0.0479 e. The third-order valence-electron chi connectivity index (χ3n) is 3.75. The van der Waals surface area contributed by atoms with E-state index in [-0.39, 0.29) is 11.6 Å². The Balaban J connectivity index is 2.22. The Hall–Kier alpha value is -0.860. The van der Waals surface area contributed by atoms with E-state index < -0.39 is 0 Å². The van der Waals surface area contributed by atoms with Crippen molar-refractivity contribution in [2.75, 3.05) is 7.05 Å². The van der Waals surface area contributed by atoms with Crippen molar-refractivity contribution in [3.8, 4) is 0 Å². The molecule has 1 aromatic rings. The highest BCUT2D eigenvalue weighted by atomic mass is 15.0. The van der Waals surface area contributed by atoms with Gasteiger partial charge in [-0.1, -0.05) is 43.2 Å². The summed E-state index contributed by atoms with van der Waals surface area (Å²) >= 11 is 0. The molecule has 0 radical (unpaired) electrons. The molecule has 0 bridgehead atoms. The van der Waals surface area contributed by atoms with E-state index >= 15 is 0 Å². The number of rotatable bonds is 3. The molecule has 82 valence electrons. The van der Waals surface area contributed by atoms with Crippen molar-refractivity contribution >= 4 is 0 Å². The molecule has 0 amide bonds. The van der Waals surface area contributed by atoms with Crippen molar-refractivity contribution in [3.63, 3.8) is 0 Å². The van der Waals surface area contributed by atoms with Crippen molar-refractivity contribution in [1.82, 2.24) is 5.32 Å². The van der Waals surface area contributed by atoms with Crippen LogP contribution in [-0.2, 0) is 0 Å². The van der Waals surface area contributed by atoms with Crippen LogP contribution in [-0.4, -0.2) is 12.6 Å². The average Bonchev–Trinajstić information content (AvgIpc) is 2.79. The molecule has 1 aliphatic carbocycles. The Kier molecular flexibility index (Phi) is 3.08. The lowest BCUT2D eigenvalue weighted by Gasteiger charge is -2.35. The zero-order valence-electron chi connectivity index (χ0n) is 9.37. The van der Waals surface area contributed by atoms with Gasteiger partial charge in [0, 0.05) is 11.6 Å². The van der Waals surface area contributed by atoms with Crippen molar-refractivity contribution < 1.29 is 0 Å². The summed E-state index contributed by atoms with van der Waals surface area (Å²) in [5.74, 6) is 0. The first-order valence-corrected chi connectivity index (χ1v) is 5.78. The molecule has 1 aromatic carbocycles. The first-order chi connectivity index (χ1) is 7.28. The second-order valence-corrected chi connectivity index (χ2v) is 4.50. The largest absolute Gasteiger partial charge is 0.322 e. The number of nitrogens with one attached hydrogen (secondary N) is 1. The number of hydrogen-bond acceptors (Lipinski definition) is 2. The van der Waals surface area contributed by atoms with E-state index in [1.165, 1.54) is 31.2 Å². The minimum absolute atomic E-state index is 0.117. The second-order valence-electron chi connectivity index (χ2n) is 4.50. The van der Waals surface area contributed by atoms with Gasteiger partial charge in [-0.15, -0.1) is 0 Å².